The summed E-state index contributed by atoms with van der Waals surface area (Å²) in [7, 11) is 6.60. The molecule has 21 heavy (non-hydrogen) atoms. The van der Waals surface area contributed by atoms with Gasteiger partial charge in [-0.2, -0.15) is 0 Å². The molecular weight excluding hydrogens is 254 g/mol. The molecular formula is C20H24N+. The summed E-state index contributed by atoms with van der Waals surface area (Å²) in [5.41, 5.74) is 8.45. The molecule has 1 heteroatoms. The average Bonchev–Trinajstić information content (AvgIpc) is 2.89. The maximum atomic E-state index is 2.39. The van der Waals surface area contributed by atoms with Crippen LogP contribution in [0.5, 0.6) is 0 Å². The Labute approximate surface area is 128 Å². The van der Waals surface area contributed by atoms with Gasteiger partial charge in [0.05, 0.1) is 21.1 Å². The third-order valence-corrected chi connectivity index (χ3v) is 4.37. The Bertz CT molecular complexity index is 685. The highest BCUT2D eigenvalue weighted by atomic mass is 15.3. The van der Waals surface area contributed by atoms with Crippen LogP contribution in [0, 0.1) is 0 Å². The van der Waals surface area contributed by atoms with Crippen LogP contribution in [0.1, 0.15) is 24.5 Å². The predicted octanol–water partition coefficient (Wildman–Crippen LogP) is 4.90. The number of allylic oxidation sites excluding steroid dienone is 1. The van der Waals surface area contributed by atoms with Gasteiger partial charge >= 0.3 is 0 Å². The van der Waals surface area contributed by atoms with Gasteiger partial charge in [-0.1, -0.05) is 36.8 Å². The van der Waals surface area contributed by atoms with Crippen LogP contribution < -0.4 is 4.48 Å². The summed E-state index contributed by atoms with van der Waals surface area (Å²) in [6.45, 7) is 2.24. The SMILES string of the molecule is CCC1=Cc2c(cccc2-c2ccc([N+](C)(C)C)cc2)C1. The van der Waals surface area contributed by atoms with Crippen LogP contribution in [-0.2, 0) is 6.42 Å². The zero-order valence-electron chi connectivity index (χ0n) is 13.5. The molecule has 0 aromatic heterocycles. The first-order valence-electron chi connectivity index (χ1n) is 7.73. The van der Waals surface area contributed by atoms with E-state index in [2.05, 4.69) is 76.6 Å². The minimum absolute atomic E-state index is 0.854. The summed E-state index contributed by atoms with van der Waals surface area (Å²) in [5, 5.41) is 0. The van der Waals surface area contributed by atoms with E-state index >= 15 is 0 Å². The normalized spacial score (nSPS) is 14.0. The van der Waals surface area contributed by atoms with Crippen LogP contribution >= 0.6 is 0 Å². The Morgan fingerprint density at radius 3 is 2.29 bits per heavy atom. The van der Waals surface area contributed by atoms with Crippen molar-refractivity contribution in [3.05, 3.63) is 59.2 Å². The number of hydrogen-bond acceptors (Lipinski definition) is 0. The van der Waals surface area contributed by atoms with Gasteiger partial charge < -0.3 is 0 Å². The largest absolute Gasteiger partial charge is 0.298 e. The number of hydrogen-bond donors (Lipinski definition) is 0. The van der Waals surface area contributed by atoms with Crippen molar-refractivity contribution in [1.29, 1.82) is 0 Å². The fourth-order valence-corrected chi connectivity index (χ4v) is 3.00. The molecule has 0 fully saturated rings. The minimum atomic E-state index is 0.854. The van der Waals surface area contributed by atoms with Crippen LogP contribution in [-0.4, -0.2) is 21.1 Å². The monoisotopic (exact) mass is 278 g/mol. The Hall–Kier alpha value is -1.86. The molecule has 0 saturated carbocycles. The van der Waals surface area contributed by atoms with E-state index in [0.29, 0.717) is 0 Å². The van der Waals surface area contributed by atoms with E-state index in [0.717, 1.165) is 17.3 Å². The molecule has 0 bridgehead atoms. The van der Waals surface area contributed by atoms with E-state index in [9.17, 15) is 0 Å². The lowest BCUT2D eigenvalue weighted by Gasteiger charge is -2.23. The quantitative estimate of drug-likeness (QED) is 0.701. The van der Waals surface area contributed by atoms with Crippen LogP contribution in [0.25, 0.3) is 17.2 Å². The van der Waals surface area contributed by atoms with Gasteiger partial charge in [0, 0.05) is 0 Å². The zero-order chi connectivity index (χ0) is 15.0. The smallest absolute Gasteiger partial charge is 0.132 e. The first-order chi connectivity index (χ1) is 9.99. The molecule has 2 aromatic carbocycles. The Kier molecular flexibility index (Phi) is 3.46. The van der Waals surface area contributed by atoms with Crippen molar-refractivity contribution in [2.45, 2.75) is 19.8 Å². The zero-order valence-corrected chi connectivity index (χ0v) is 13.5. The first kappa shape index (κ1) is 14.1. The molecule has 0 atom stereocenters. The fraction of sp³-hybridized carbons (Fsp3) is 0.300. The maximum absolute atomic E-state index is 2.39. The standard InChI is InChI=1S/C20H24N/c1-5-15-13-17-7-6-8-19(20(17)14-15)16-9-11-18(12-10-16)21(2,3)4/h6-12,14H,5,13H2,1-4H3/q+1. The van der Waals surface area contributed by atoms with Gasteiger partial charge in [0.25, 0.3) is 0 Å². The molecule has 0 heterocycles. The number of rotatable bonds is 3. The topological polar surface area (TPSA) is 0 Å². The van der Waals surface area contributed by atoms with E-state index < -0.39 is 0 Å². The van der Waals surface area contributed by atoms with Crippen LogP contribution in [0.4, 0.5) is 5.69 Å². The minimum Gasteiger partial charge on any atom is -0.298 e. The van der Waals surface area contributed by atoms with Gasteiger partial charge in [0.15, 0.2) is 0 Å². The number of benzene rings is 2. The molecule has 0 amide bonds. The Morgan fingerprint density at radius 1 is 0.952 bits per heavy atom. The fourth-order valence-electron chi connectivity index (χ4n) is 3.00. The van der Waals surface area contributed by atoms with E-state index in [-0.39, 0.29) is 0 Å². The molecule has 2 aromatic rings. The lowest BCUT2D eigenvalue weighted by molar-refractivity contribution is 0.486. The molecule has 0 aliphatic heterocycles. The summed E-state index contributed by atoms with van der Waals surface area (Å²) < 4.78 is 0.854. The average molecular weight is 278 g/mol. The highest BCUT2D eigenvalue weighted by Crippen LogP contribution is 2.35. The summed E-state index contributed by atoms with van der Waals surface area (Å²) in [4.78, 5) is 0. The summed E-state index contributed by atoms with van der Waals surface area (Å²) >= 11 is 0. The lowest BCUT2D eigenvalue weighted by Crippen LogP contribution is -2.34. The predicted molar refractivity (Wildman–Crippen MR) is 93.4 cm³/mol. The molecule has 108 valence electrons. The summed E-state index contributed by atoms with van der Waals surface area (Å²) in [5.74, 6) is 0. The molecule has 3 rings (SSSR count). The second-order valence-electron chi connectivity index (χ2n) is 6.77. The van der Waals surface area contributed by atoms with Crippen molar-refractivity contribution in [2.24, 2.45) is 0 Å². The molecule has 0 spiro atoms. The second-order valence-corrected chi connectivity index (χ2v) is 6.77. The molecule has 0 saturated heterocycles. The summed E-state index contributed by atoms with van der Waals surface area (Å²) in [6, 6.07) is 15.7. The van der Waals surface area contributed by atoms with Gasteiger partial charge in [-0.25, -0.2) is 0 Å². The van der Waals surface area contributed by atoms with E-state index in [1.54, 1.807) is 5.57 Å². The Morgan fingerprint density at radius 2 is 1.67 bits per heavy atom. The highest BCUT2D eigenvalue weighted by Gasteiger charge is 2.16. The number of fused-ring (bicyclic) bond motifs is 1. The van der Waals surface area contributed by atoms with Gasteiger partial charge in [-0.3, -0.25) is 4.48 Å². The number of nitrogens with zero attached hydrogens (tertiary/aromatic N) is 1. The van der Waals surface area contributed by atoms with Gasteiger partial charge in [0.2, 0.25) is 0 Å². The molecule has 1 nitrogen and oxygen atoms in total. The van der Waals surface area contributed by atoms with Crippen LogP contribution in [0.15, 0.2) is 48.0 Å². The maximum Gasteiger partial charge on any atom is 0.132 e. The van der Waals surface area contributed by atoms with Crippen molar-refractivity contribution in [1.82, 2.24) is 4.48 Å². The number of quaternary nitrogens is 1. The van der Waals surface area contributed by atoms with Crippen molar-refractivity contribution in [3.63, 3.8) is 0 Å². The second kappa shape index (κ2) is 5.16. The third-order valence-electron chi connectivity index (χ3n) is 4.37. The van der Waals surface area contributed by atoms with Crippen molar-refractivity contribution < 1.29 is 0 Å². The van der Waals surface area contributed by atoms with Crippen molar-refractivity contribution >= 4 is 11.8 Å². The van der Waals surface area contributed by atoms with Crippen molar-refractivity contribution in [3.8, 4) is 11.1 Å². The lowest BCUT2D eigenvalue weighted by atomic mass is 9.97. The molecule has 1 aliphatic carbocycles. The van der Waals surface area contributed by atoms with E-state index in [4.69, 9.17) is 0 Å². The van der Waals surface area contributed by atoms with Crippen LogP contribution in [0.3, 0.4) is 0 Å². The third kappa shape index (κ3) is 2.66. The summed E-state index contributed by atoms with van der Waals surface area (Å²) in [6.07, 6.45) is 4.66. The first-order valence-corrected chi connectivity index (χ1v) is 7.73. The molecule has 0 radical (unpaired) electrons. The molecule has 0 N–H and O–H groups in total. The molecule has 1 aliphatic rings. The van der Waals surface area contributed by atoms with Crippen LogP contribution in [0.2, 0.25) is 0 Å². The van der Waals surface area contributed by atoms with E-state index in [1.165, 1.54) is 27.9 Å². The molecule has 0 unspecified atom stereocenters. The Balaban J connectivity index is 2.03. The van der Waals surface area contributed by atoms with Gasteiger partial charge in [-0.05, 0) is 59.4 Å². The van der Waals surface area contributed by atoms with E-state index in [1.807, 2.05) is 0 Å². The van der Waals surface area contributed by atoms with Gasteiger partial charge in [-0.15, -0.1) is 0 Å². The van der Waals surface area contributed by atoms with Gasteiger partial charge in [0.1, 0.15) is 5.69 Å². The highest BCUT2D eigenvalue weighted by molar-refractivity contribution is 5.81. The van der Waals surface area contributed by atoms with Crippen molar-refractivity contribution in [2.75, 3.05) is 21.1 Å².